The second-order valence-electron chi connectivity index (χ2n) is 18.7. The zero-order valence-electron chi connectivity index (χ0n) is 36.8. The monoisotopic (exact) mass is 860 g/mol. The molecule has 62 heavy (non-hydrogen) atoms. The summed E-state index contributed by atoms with van der Waals surface area (Å²) in [5, 5.41) is 14.2. The van der Waals surface area contributed by atoms with Crippen LogP contribution in [0.3, 0.4) is 0 Å². The molecule has 1 aliphatic carbocycles. The molecule has 6 heterocycles. The van der Waals surface area contributed by atoms with Crippen LogP contribution in [-0.4, -0.2) is 136 Å². The van der Waals surface area contributed by atoms with Crippen LogP contribution in [0.2, 0.25) is 0 Å². The number of benzene rings is 2. The molecule has 9 rings (SSSR count). The molecule has 0 amide bonds. The van der Waals surface area contributed by atoms with E-state index in [0.29, 0.717) is 73.9 Å². The zero-order chi connectivity index (χ0) is 44.3. The highest BCUT2D eigenvalue weighted by Gasteiger charge is 2.80. The number of nitrogens with one attached hydrogen (secondary N) is 1. The largest absolute Gasteiger partial charge is 0.497 e. The molecule has 2 N–H and O–H groups in total. The molecular weight excluding hydrogens is 803 g/mol. The molecule has 3 fully saturated rings. The van der Waals surface area contributed by atoms with Gasteiger partial charge in [0.2, 0.25) is 11.5 Å². The van der Waals surface area contributed by atoms with E-state index >= 15 is 13.6 Å². The maximum absolute atomic E-state index is 15.4. The van der Waals surface area contributed by atoms with Gasteiger partial charge >= 0.3 is 17.9 Å². The van der Waals surface area contributed by atoms with Crippen LogP contribution in [0.4, 0.5) is 14.5 Å². The van der Waals surface area contributed by atoms with Crippen molar-refractivity contribution in [2.45, 2.75) is 93.4 Å². The number of likely N-dealkylation sites (N-methyl/N-ethyl adjacent to an activating group) is 1. The van der Waals surface area contributed by atoms with E-state index in [1.165, 1.54) is 28.3 Å². The summed E-state index contributed by atoms with van der Waals surface area (Å²) in [7, 11) is 7.52. The second kappa shape index (κ2) is 14.7. The van der Waals surface area contributed by atoms with Crippen molar-refractivity contribution in [1.29, 1.82) is 0 Å². The number of hydrogen-bond acceptors (Lipinski definition) is 12. The van der Waals surface area contributed by atoms with Gasteiger partial charge in [0.05, 0.1) is 34.5 Å². The summed E-state index contributed by atoms with van der Waals surface area (Å²) in [5.74, 6) is -5.41. The Balaban J connectivity index is 1.36. The standard InChI is InChI=1S/C47H58F2N4O9/c1-9-44-14-10-16-53-18-15-45(38(44)53)32-21-33(36(59-6)22-35(32)51(4)39(45)47(57,42(56)61-8)40(44)62-26(2)54)46(41(55)60-7)23-27-19-28(43(3,48)49)25-52(24-27)17-13-30-31-20-29(58-5)11-12-34(31)50-37(30)46/h10-12,14,20-22,27-28,38-40,50,57H,9,13,15-19,23-25H2,1-8H3/t27-,28+,38-,39+,40+,44+,45+,46-,47-/m0/s1. The Morgan fingerprint density at radius 3 is 2.40 bits per heavy atom. The fraction of sp³-hybridized carbons (Fsp3) is 0.596. The van der Waals surface area contributed by atoms with Crippen LogP contribution < -0.4 is 14.4 Å². The van der Waals surface area contributed by atoms with Crippen molar-refractivity contribution in [3.05, 3.63) is 64.9 Å². The molecule has 6 aliphatic rings. The molecule has 3 aromatic rings. The fourth-order valence-electron chi connectivity index (χ4n) is 13.6. The Kier molecular flexibility index (Phi) is 10.1. The third kappa shape index (κ3) is 5.61. The number of carbonyl (C=O) groups is 3. The van der Waals surface area contributed by atoms with E-state index in [1.54, 1.807) is 7.11 Å². The topological polar surface area (TPSA) is 143 Å². The molecule has 0 radical (unpaired) electrons. The number of piperidine rings is 1. The molecule has 10 atom stereocenters. The van der Waals surface area contributed by atoms with E-state index in [9.17, 15) is 14.7 Å². The van der Waals surface area contributed by atoms with Gasteiger partial charge in [-0.2, -0.15) is 0 Å². The first kappa shape index (κ1) is 42.6. The van der Waals surface area contributed by atoms with Crippen molar-refractivity contribution in [3.63, 3.8) is 0 Å². The lowest BCUT2D eigenvalue weighted by molar-refractivity contribution is -0.228. The Labute approximate surface area is 360 Å². The number of methoxy groups -OCH3 is 4. The third-order valence-electron chi connectivity index (χ3n) is 15.9. The van der Waals surface area contributed by atoms with E-state index in [2.05, 4.69) is 14.8 Å². The maximum atomic E-state index is 15.4. The summed E-state index contributed by atoms with van der Waals surface area (Å²) in [5.41, 5.74) is -1.84. The first-order chi connectivity index (χ1) is 29.5. The van der Waals surface area contributed by atoms with E-state index in [-0.39, 0.29) is 31.3 Å². The van der Waals surface area contributed by atoms with Crippen LogP contribution in [0.25, 0.3) is 10.9 Å². The van der Waals surface area contributed by atoms with Gasteiger partial charge in [-0.1, -0.05) is 19.1 Å². The van der Waals surface area contributed by atoms with Gasteiger partial charge in [-0.05, 0) is 86.9 Å². The summed E-state index contributed by atoms with van der Waals surface area (Å²) in [6.45, 7) is 6.67. The molecule has 0 unspecified atom stereocenters. The van der Waals surface area contributed by atoms with Crippen LogP contribution in [0, 0.1) is 17.3 Å². The minimum Gasteiger partial charge on any atom is -0.497 e. The molecule has 2 saturated heterocycles. The van der Waals surface area contributed by atoms with Crippen molar-refractivity contribution in [1.82, 2.24) is 14.8 Å². The van der Waals surface area contributed by atoms with Gasteiger partial charge in [-0.25, -0.2) is 13.6 Å². The van der Waals surface area contributed by atoms with Crippen LogP contribution in [0.5, 0.6) is 11.5 Å². The Bertz CT molecular complexity index is 2360. The van der Waals surface area contributed by atoms with Gasteiger partial charge < -0.3 is 43.6 Å². The van der Waals surface area contributed by atoms with Crippen LogP contribution >= 0.6 is 0 Å². The van der Waals surface area contributed by atoms with Crippen LogP contribution in [0.15, 0.2) is 42.5 Å². The first-order valence-electron chi connectivity index (χ1n) is 21.7. The molecule has 334 valence electrons. The number of H-pyrrole nitrogens is 1. The number of ether oxygens (including phenoxy) is 5. The SMILES string of the molecule is CC[C@]12C=CCN3CC[C@@]4(c5cc([C@@]6(C(=O)OC)C[C@@H]7C[C@@H](C(C)(F)F)C[N@](CCc8c6[nH]c6ccc(OC)cc86)C7)c(OC)cc5N(C)[C@H]4[C@@](O)(C(=O)OC)[C@@H]1OC(C)=O)[C@@H]32. The van der Waals surface area contributed by atoms with Crippen LogP contribution in [0.1, 0.15) is 68.8 Å². The number of halogens is 2. The molecule has 1 aromatic heterocycles. The molecule has 5 aliphatic heterocycles. The van der Waals surface area contributed by atoms with E-state index in [4.69, 9.17) is 23.7 Å². The van der Waals surface area contributed by atoms with E-state index < -0.39 is 63.7 Å². The lowest BCUT2D eigenvalue weighted by Gasteiger charge is -2.63. The molecule has 15 heteroatoms. The number of hydrogen-bond donors (Lipinski definition) is 2. The summed E-state index contributed by atoms with van der Waals surface area (Å²) < 4.78 is 60.3. The number of aliphatic hydroxyl groups is 1. The quantitative estimate of drug-likeness (QED) is 0.176. The number of esters is 3. The predicted octanol–water partition coefficient (Wildman–Crippen LogP) is 5.13. The summed E-state index contributed by atoms with van der Waals surface area (Å²) in [6, 6.07) is 8.22. The summed E-state index contributed by atoms with van der Waals surface area (Å²) in [6.07, 6.45) is 4.39. The van der Waals surface area contributed by atoms with Crippen molar-refractivity contribution in [3.8, 4) is 11.5 Å². The molecular formula is C47H58F2N4O9. The summed E-state index contributed by atoms with van der Waals surface area (Å²) in [4.78, 5) is 52.8. The number of alkyl halides is 2. The molecule has 13 nitrogen and oxygen atoms in total. The number of aromatic amines is 1. The zero-order valence-corrected chi connectivity index (χ0v) is 36.8. The Morgan fingerprint density at radius 2 is 1.74 bits per heavy atom. The van der Waals surface area contributed by atoms with Crippen molar-refractivity contribution >= 4 is 34.5 Å². The fourth-order valence-corrected chi connectivity index (χ4v) is 13.6. The van der Waals surface area contributed by atoms with Gasteiger partial charge in [0.1, 0.15) is 16.9 Å². The van der Waals surface area contributed by atoms with Gasteiger partial charge in [0.25, 0.3) is 0 Å². The number of anilines is 1. The predicted molar refractivity (Wildman–Crippen MR) is 226 cm³/mol. The van der Waals surface area contributed by atoms with Gasteiger partial charge in [-0.15, -0.1) is 0 Å². The maximum Gasteiger partial charge on any atom is 0.344 e. The molecule has 2 aromatic carbocycles. The van der Waals surface area contributed by atoms with Crippen molar-refractivity contribution in [2.24, 2.45) is 17.3 Å². The number of nitrogens with zero attached hydrogens (tertiary/aromatic N) is 3. The Morgan fingerprint density at radius 1 is 0.984 bits per heavy atom. The first-order valence-corrected chi connectivity index (χ1v) is 21.7. The highest BCUT2D eigenvalue weighted by atomic mass is 19.3. The minimum atomic E-state index is -2.95. The lowest BCUT2D eigenvalue weighted by Crippen LogP contribution is -2.81. The molecule has 1 saturated carbocycles. The number of fused-ring (bicyclic) bond motifs is 6. The minimum absolute atomic E-state index is 0.124. The smallest absolute Gasteiger partial charge is 0.344 e. The highest BCUT2D eigenvalue weighted by Crippen LogP contribution is 2.68. The average Bonchev–Trinajstić information content (AvgIpc) is 3.91. The summed E-state index contributed by atoms with van der Waals surface area (Å²) >= 11 is 0. The number of aromatic nitrogens is 1. The molecule has 2 bridgehead atoms. The van der Waals surface area contributed by atoms with E-state index in [1.807, 2.05) is 61.4 Å². The van der Waals surface area contributed by atoms with Gasteiger partial charge in [0, 0.05) is 96.9 Å². The van der Waals surface area contributed by atoms with Crippen molar-refractivity contribution < 1.29 is 52.0 Å². The van der Waals surface area contributed by atoms with E-state index in [0.717, 1.165) is 29.0 Å². The van der Waals surface area contributed by atoms with Gasteiger partial charge in [-0.3, -0.25) is 14.5 Å². The third-order valence-corrected chi connectivity index (χ3v) is 15.9. The second-order valence-corrected chi connectivity index (χ2v) is 18.7. The number of rotatable bonds is 8. The normalized spacial score (nSPS) is 34.8. The van der Waals surface area contributed by atoms with Crippen molar-refractivity contribution in [2.75, 3.05) is 73.1 Å². The Hall–Kier alpha value is -4.73. The van der Waals surface area contributed by atoms with Gasteiger partial charge in [0.15, 0.2) is 6.10 Å². The van der Waals surface area contributed by atoms with Crippen LogP contribution in [-0.2, 0) is 45.8 Å². The number of carbonyl (C=O) groups excluding carboxylic acids is 3. The highest BCUT2D eigenvalue weighted by molar-refractivity contribution is 5.95. The lowest BCUT2D eigenvalue weighted by atomic mass is 9.47. The molecule has 1 spiro atoms. The average molecular weight is 861 g/mol.